The molecule has 10 heteroatoms. The van der Waals surface area contributed by atoms with E-state index in [9.17, 15) is 15.0 Å². The van der Waals surface area contributed by atoms with Crippen molar-refractivity contribution in [2.75, 3.05) is 62.2 Å². The Morgan fingerprint density at radius 2 is 1.92 bits per heavy atom. The van der Waals surface area contributed by atoms with Gasteiger partial charge in [0.2, 0.25) is 0 Å². The number of aromatic nitrogens is 2. The van der Waals surface area contributed by atoms with Crippen LogP contribution in [0, 0.1) is 5.92 Å². The van der Waals surface area contributed by atoms with Gasteiger partial charge < -0.3 is 35.0 Å². The van der Waals surface area contributed by atoms with E-state index in [-0.39, 0.29) is 11.7 Å². The molecule has 4 heterocycles. The predicted octanol–water partition coefficient (Wildman–Crippen LogP) is 3.08. The van der Waals surface area contributed by atoms with Crippen molar-refractivity contribution in [3.05, 3.63) is 47.7 Å². The maximum absolute atomic E-state index is 11.4. The molecule has 200 valence electrons. The number of phenolic OH excluding ortho intramolecular Hbond substituents is 1. The van der Waals surface area contributed by atoms with Gasteiger partial charge in [0.15, 0.2) is 0 Å². The molecule has 1 atom stereocenters. The van der Waals surface area contributed by atoms with E-state index in [2.05, 4.69) is 21.2 Å². The van der Waals surface area contributed by atoms with Crippen LogP contribution in [0.4, 0.5) is 16.3 Å². The summed E-state index contributed by atoms with van der Waals surface area (Å²) in [4.78, 5) is 27.3. The topological polar surface area (TPSA) is 114 Å². The summed E-state index contributed by atoms with van der Waals surface area (Å²) in [6.07, 6.45) is 1.69. The molecule has 1 aromatic heterocycles. The standard InChI is InChI=1S/C28H34N6O4/c35-21-14-20-5-1-2-6-22(20)25(15-21)33-11-7-23-24(17-33)30-27(31-26(23)32-12-8-29-9-13-32)38-18-19-4-3-10-34(16-19)28(36)37/h1-2,5-6,14-15,19,29,35H,3-4,7-13,16-18H2,(H,36,37)/t19-/m1/s1. The summed E-state index contributed by atoms with van der Waals surface area (Å²) in [5.41, 5.74) is 3.10. The third kappa shape index (κ3) is 5.00. The van der Waals surface area contributed by atoms with E-state index in [4.69, 9.17) is 14.7 Å². The van der Waals surface area contributed by atoms with E-state index in [1.165, 1.54) is 4.90 Å². The number of hydrogen-bond donors (Lipinski definition) is 3. The van der Waals surface area contributed by atoms with Gasteiger partial charge in [-0.2, -0.15) is 9.97 Å². The van der Waals surface area contributed by atoms with Crippen LogP contribution in [0.3, 0.4) is 0 Å². The molecule has 0 aliphatic carbocycles. The number of carboxylic acid groups (broad SMARTS) is 1. The summed E-state index contributed by atoms with van der Waals surface area (Å²) < 4.78 is 6.16. The number of piperazine rings is 1. The smallest absolute Gasteiger partial charge is 0.407 e. The molecule has 3 aliphatic rings. The van der Waals surface area contributed by atoms with Gasteiger partial charge in [-0.3, -0.25) is 0 Å². The van der Waals surface area contributed by atoms with E-state index in [0.717, 1.165) is 85.5 Å². The number of likely N-dealkylation sites (tertiary alicyclic amines) is 1. The SMILES string of the molecule is O=C(O)N1CCC[C@@H](COc2nc3c(c(N4CCNCC4)n2)CCN(c2cc(O)cc4ccccc24)C3)C1. The minimum atomic E-state index is -0.875. The average molecular weight is 519 g/mol. The van der Waals surface area contributed by atoms with Crippen LogP contribution in [0.25, 0.3) is 10.8 Å². The van der Waals surface area contributed by atoms with Crippen LogP contribution in [0.2, 0.25) is 0 Å². The number of piperidine rings is 1. The molecule has 2 fully saturated rings. The fourth-order valence-electron chi connectivity index (χ4n) is 5.90. The first-order chi connectivity index (χ1) is 18.5. The fourth-order valence-corrected chi connectivity index (χ4v) is 5.90. The zero-order chi connectivity index (χ0) is 26.1. The number of anilines is 2. The van der Waals surface area contributed by atoms with Crippen molar-refractivity contribution in [2.45, 2.75) is 25.8 Å². The van der Waals surface area contributed by atoms with Gasteiger partial charge in [-0.15, -0.1) is 0 Å². The lowest BCUT2D eigenvalue weighted by molar-refractivity contribution is 0.103. The number of fused-ring (bicyclic) bond motifs is 2. The Balaban J connectivity index is 1.29. The number of benzene rings is 2. The van der Waals surface area contributed by atoms with Crippen molar-refractivity contribution >= 4 is 28.4 Å². The van der Waals surface area contributed by atoms with Gasteiger partial charge in [0, 0.05) is 74.4 Å². The molecule has 6 rings (SSSR count). The van der Waals surface area contributed by atoms with E-state index >= 15 is 0 Å². The first-order valence-corrected chi connectivity index (χ1v) is 13.5. The minimum absolute atomic E-state index is 0.122. The van der Waals surface area contributed by atoms with Gasteiger partial charge in [-0.25, -0.2) is 4.79 Å². The van der Waals surface area contributed by atoms with Crippen molar-refractivity contribution in [2.24, 2.45) is 5.92 Å². The molecule has 0 saturated carbocycles. The summed E-state index contributed by atoms with van der Waals surface area (Å²) >= 11 is 0. The second-order valence-corrected chi connectivity index (χ2v) is 10.4. The highest BCUT2D eigenvalue weighted by atomic mass is 16.5. The van der Waals surface area contributed by atoms with E-state index < -0.39 is 6.09 Å². The normalized spacial score (nSPS) is 19.9. The third-order valence-electron chi connectivity index (χ3n) is 7.84. The summed E-state index contributed by atoms with van der Waals surface area (Å²) in [5, 5.41) is 25.3. The largest absolute Gasteiger partial charge is 0.508 e. The Morgan fingerprint density at radius 1 is 1.08 bits per heavy atom. The molecule has 2 aromatic carbocycles. The second kappa shape index (κ2) is 10.5. The third-order valence-corrected chi connectivity index (χ3v) is 7.84. The van der Waals surface area contributed by atoms with Gasteiger partial charge in [0.1, 0.15) is 11.6 Å². The van der Waals surface area contributed by atoms with Crippen molar-refractivity contribution in [3.63, 3.8) is 0 Å². The van der Waals surface area contributed by atoms with Crippen molar-refractivity contribution in [1.29, 1.82) is 0 Å². The summed E-state index contributed by atoms with van der Waals surface area (Å²) in [6, 6.07) is 12.1. The molecule has 0 unspecified atom stereocenters. The van der Waals surface area contributed by atoms with Crippen molar-refractivity contribution in [1.82, 2.24) is 20.2 Å². The number of phenols is 1. The van der Waals surface area contributed by atoms with Crippen LogP contribution in [0.15, 0.2) is 36.4 Å². The van der Waals surface area contributed by atoms with Crippen molar-refractivity contribution < 1.29 is 19.7 Å². The highest BCUT2D eigenvalue weighted by molar-refractivity contribution is 5.95. The number of amides is 1. The number of aromatic hydroxyl groups is 1. The molecule has 1 amide bonds. The zero-order valence-electron chi connectivity index (χ0n) is 21.5. The van der Waals surface area contributed by atoms with E-state index in [1.807, 2.05) is 24.3 Å². The number of hydrogen-bond acceptors (Lipinski definition) is 8. The predicted molar refractivity (Wildman–Crippen MR) is 145 cm³/mol. The second-order valence-electron chi connectivity index (χ2n) is 10.4. The van der Waals surface area contributed by atoms with Gasteiger partial charge in [-0.05, 0) is 30.7 Å². The summed E-state index contributed by atoms with van der Waals surface area (Å²) in [5.74, 6) is 1.32. The highest BCUT2D eigenvalue weighted by Gasteiger charge is 2.28. The van der Waals surface area contributed by atoms with Crippen LogP contribution in [0.1, 0.15) is 24.1 Å². The Morgan fingerprint density at radius 3 is 2.76 bits per heavy atom. The number of nitrogens with zero attached hydrogens (tertiary/aromatic N) is 5. The number of ether oxygens (including phenoxy) is 1. The summed E-state index contributed by atoms with van der Waals surface area (Å²) in [7, 11) is 0. The molecule has 10 nitrogen and oxygen atoms in total. The van der Waals surface area contributed by atoms with Gasteiger partial charge >= 0.3 is 12.1 Å². The van der Waals surface area contributed by atoms with Gasteiger partial charge in [0.05, 0.1) is 18.8 Å². The average Bonchev–Trinajstić information content (AvgIpc) is 2.95. The first-order valence-electron chi connectivity index (χ1n) is 13.5. The molecule has 3 N–H and O–H groups in total. The maximum Gasteiger partial charge on any atom is 0.407 e. The van der Waals surface area contributed by atoms with Crippen LogP contribution >= 0.6 is 0 Å². The van der Waals surface area contributed by atoms with Crippen LogP contribution in [0.5, 0.6) is 11.8 Å². The molecule has 0 bridgehead atoms. The molecule has 3 aromatic rings. The summed E-state index contributed by atoms with van der Waals surface area (Å²) in [6.45, 7) is 6.40. The van der Waals surface area contributed by atoms with Gasteiger partial charge in [0.25, 0.3) is 0 Å². The molecular weight excluding hydrogens is 484 g/mol. The fraction of sp³-hybridized carbons (Fsp3) is 0.464. The molecular formula is C28H34N6O4. The molecule has 3 aliphatic heterocycles. The lowest BCUT2D eigenvalue weighted by Crippen LogP contribution is -2.45. The molecule has 38 heavy (non-hydrogen) atoms. The van der Waals surface area contributed by atoms with Crippen LogP contribution in [-0.4, -0.2) is 83.6 Å². The quantitative estimate of drug-likeness (QED) is 0.469. The van der Waals surface area contributed by atoms with Crippen LogP contribution in [-0.2, 0) is 13.0 Å². The number of rotatable bonds is 5. The van der Waals surface area contributed by atoms with E-state index in [1.54, 1.807) is 6.07 Å². The lowest BCUT2D eigenvalue weighted by atomic mass is 9.99. The highest BCUT2D eigenvalue weighted by Crippen LogP contribution is 2.36. The Kier molecular flexibility index (Phi) is 6.80. The monoisotopic (exact) mass is 518 g/mol. The van der Waals surface area contributed by atoms with Gasteiger partial charge in [-0.1, -0.05) is 24.3 Å². The zero-order valence-corrected chi connectivity index (χ0v) is 21.5. The van der Waals surface area contributed by atoms with Crippen molar-refractivity contribution in [3.8, 4) is 11.8 Å². The number of carbonyl (C=O) groups is 1. The first kappa shape index (κ1) is 24.5. The maximum atomic E-state index is 11.4. The Hall–Kier alpha value is -3.79. The van der Waals surface area contributed by atoms with Crippen LogP contribution < -0.4 is 19.9 Å². The lowest BCUT2D eigenvalue weighted by Gasteiger charge is -2.35. The number of nitrogens with one attached hydrogen (secondary N) is 1. The van der Waals surface area contributed by atoms with E-state index in [0.29, 0.717) is 32.3 Å². The minimum Gasteiger partial charge on any atom is -0.508 e. The molecule has 0 spiro atoms. The Bertz CT molecular complexity index is 1330. The molecule has 2 saturated heterocycles. The Labute approximate surface area is 221 Å². The molecule has 0 radical (unpaired) electrons.